The summed E-state index contributed by atoms with van der Waals surface area (Å²) >= 11 is 0. The Morgan fingerprint density at radius 3 is 2.55 bits per heavy atom. The zero-order valence-corrected chi connectivity index (χ0v) is 12.3. The number of halogens is 1. The van der Waals surface area contributed by atoms with E-state index in [9.17, 15) is 9.18 Å². The van der Waals surface area contributed by atoms with Crippen LogP contribution in [0.3, 0.4) is 0 Å². The second-order valence-corrected chi connectivity index (χ2v) is 5.57. The van der Waals surface area contributed by atoms with Crippen LogP contribution in [0.2, 0.25) is 0 Å². The highest BCUT2D eigenvalue weighted by atomic mass is 19.1. The van der Waals surface area contributed by atoms with E-state index in [-0.39, 0.29) is 23.7 Å². The Labute approximate surface area is 119 Å². The second-order valence-electron chi connectivity index (χ2n) is 5.57. The van der Waals surface area contributed by atoms with Crippen LogP contribution < -0.4 is 10.6 Å². The number of rotatable bonds is 8. The fourth-order valence-corrected chi connectivity index (χ4v) is 1.72. The molecule has 112 valence electrons. The third-order valence-corrected chi connectivity index (χ3v) is 3.00. The van der Waals surface area contributed by atoms with Crippen LogP contribution >= 0.6 is 0 Å². The SMILES string of the molecule is COCCC(C)(C)CNCC(=O)Nc1ccc(F)cc1. The van der Waals surface area contributed by atoms with Gasteiger partial charge in [-0.2, -0.15) is 0 Å². The molecule has 0 heterocycles. The van der Waals surface area contributed by atoms with Crippen molar-refractivity contribution in [2.45, 2.75) is 20.3 Å². The first-order chi connectivity index (χ1) is 9.43. The van der Waals surface area contributed by atoms with Crippen LogP contribution in [-0.2, 0) is 9.53 Å². The van der Waals surface area contributed by atoms with Crippen molar-refractivity contribution in [2.24, 2.45) is 5.41 Å². The molecule has 0 bridgehead atoms. The van der Waals surface area contributed by atoms with Crippen LogP contribution in [0.15, 0.2) is 24.3 Å². The van der Waals surface area contributed by atoms with Crippen LogP contribution in [0.25, 0.3) is 0 Å². The maximum Gasteiger partial charge on any atom is 0.238 e. The van der Waals surface area contributed by atoms with E-state index < -0.39 is 0 Å². The molecule has 0 fully saturated rings. The van der Waals surface area contributed by atoms with Crippen molar-refractivity contribution in [3.05, 3.63) is 30.1 Å². The first-order valence-corrected chi connectivity index (χ1v) is 6.68. The number of hydrogen-bond donors (Lipinski definition) is 2. The topological polar surface area (TPSA) is 50.4 Å². The molecule has 1 amide bonds. The van der Waals surface area contributed by atoms with Gasteiger partial charge in [0, 0.05) is 25.9 Å². The monoisotopic (exact) mass is 282 g/mol. The van der Waals surface area contributed by atoms with Gasteiger partial charge in [0.05, 0.1) is 6.54 Å². The average Bonchev–Trinajstić information content (AvgIpc) is 2.39. The molecule has 1 aromatic carbocycles. The third-order valence-electron chi connectivity index (χ3n) is 3.00. The normalized spacial score (nSPS) is 11.4. The van der Waals surface area contributed by atoms with E-state index in [2.05, 4.69) is 24.5 Å². The molecule has 0 atom stereocenters. The lowest BCUT2D eigenvalue weighted by molar-refractivity contribution is -0.115. The quantitative estimate of drug-likeness (QED) is 0.770. The molecule has 0 radical (unpaired) electrons. The lowest BCUT2D eigenvalue weighted by Gasteiger charge is -2.24. The van der Waals surface area contributed by atoms with Gasteiger partial charge in [-0.05, 0) is 36.1 Å². The highest BCUT2D eigenvalue weighted by Gasteiger charge is 2.17. The minimum absolute atomic E-state index is 0.0756. The van der Waals surface area contributed by atoms with Gasteiger partial charge < -0.3 is 15.4 Å². The number of anilines is 1. The van der Waals surface area contributed by atoms with Gasteiger partial charge in [-0.3, -0.25) is 4.79 Å². The minimum atomic E-state index is -0.319. The Balaban J connectivity index is 2.28. The summed E-state index contributed by atoms with van der Waals surface area (Å²) in [4.78, 5) is 11.7. The minimum Gasteiger partial charge on any atom is -0.385 e. The molecular formula is C15H23FN2O2. The Hall–Kier alpha value is -1.46. The van der Waals surface area contributed by atoms with Crippen molar-refractivity contribution in [2.75, 3.05) is 32.1 Å². The predicted molar refractivity (Wildman–Crippen MR) is 78.2 cm³/mol. The summed E-state index contributed by atoms with van der Waals surface area (Å²) in [5.41, 5.74) is 0.670. The maximum atomic E-state index is 12.7. The lowest BCUT2D eigenvalue weighted by Crippen LogP contribution is -2.35. The van der Waals surface area contributed by atoms with Crippen LogP contribution in [-0.4, -0.2) is 32.7 Å². The molecular weight excluding hydrogens is 259 g/mol. The highest BCUT2D eigenvalue weighted by Crippen LogP contribution is 2.18. The van der Waals surface area contributed by atoms with E-state index in [0.717, 1.165) is 13.0 Å². The summed E-state index contributed by atoms with van der Waals surface area (Å²) in [6.45, 7) is 5.91. The van der Waals surface area contributed by atoms with Crippen LogP contribution in [0.5, 0.6) is 0 Å². The van der Waals surface area contributed by atoms with Gasteiger partial charge in [-0.1, -0.05) is 13.8 Å². The zero-order chi connectivity index (χ0) is 15.0. The summed E-state index contributed by atoms with van der Waals surface area (Å²) < 4.78 is 17.8. The molecule has 0 aliphatic heterocycles. The fourth-order valence-electron chi connectivity index (χ4n) is 1.72. The molecule has 0 aliphatic rings. The second kappa shape index (κ2) is 7.97. The molecule has 5 heteroatoms. The van der Waals surface area contributed by atoms with Gasteiger partial charge in [0.2, 0.25) is 5.91 Å². The molecule has 4 nitrogen and oxygen atoms in total. The molecule has 1 rings (SSSR count). The zero-order valence-electron chi connectivity index (χ0n) is 12.3. The molecule has 0 saturated carbocycles. The van der Waals surface area contributed by atoms with Crippen molar-refractivity contribution in [1.29, 1.82) is 0 Å². The predicted octanol–water partition coefficient (Wildman–Crippen LogP) is 2.42. The number of benzene rings is 1. The molecule has 0 saturated heterocycles. The summed E-state index contributed by atoms with van der Waals surface area (Å²) in [7, 11) is 1.68. The molecule has 1 aromatic rings. The summed E-state index contributed by atoms with van der Waals surface area (Å²) in [5, 5.41) is 5.83. The average molecular weight is 282 g/mol. The van der Waals surface area contributed by atoms with Crippen molar-refractivity contribution in [3.63, 3.8) is 0 Å². The van der Waals surface area contributed by atoms with Gasteiger partial charge in [-0.25, -0.2) is 4.39 Å². The van der Waals surface area contributed by atoms with Crippen molar-refractivity contribution < 1.29 is 13.9 Å². The molecule has 20 heavy (non-hydrogen) atoms. The summed E-state index contributed by atoms with van der Waals surface area (Å²) in [6.07, 6.45) is 0.927. The van der Waals surface area contributed by atoms with E-state index in [0.29, 0.717) is 12.3 Å². The number of ether oxygens (including phenoxy) is 1. The van der Waals surface area contributed by atoms with E-state index >= 15 is 0 Å². The first-order valence-electron chi connectivity index (χ1n) is 6.68. The largest absolute Gasteiger partial charge is 0.385 e. The van der Waals surface area contributed by atoms with E-state index in [4.69, 9.17) is 4.74 Å². The summed E-state index contributed by atoms with van der Waals surface area (Å²) in [5.74, 6) is -0.458. The molecule has 0 aliphatic carbocycles. The highest BCUT2D eigenvalue weighted by molar-refractivity contribution is 5.92. The Kier molecular flexibility index (Phi) is 6.61. The maximum absolute atomic E-state index is 12.7. The number of carbonyl (C=O) groups is 1. The van der Waals surface area contributed by atoms with Gasteiger partial charge >= 0.3 is 0 Å². The van der Waals surface area contributed by atoms with E-state index in [1.165, 1.54) is 24.3 Å². The van der Waals surface area contributed by atoms with Crippen molar-refractivity contribution >= 4 is 11.6 Å². The fraction of sp³-hybridized carbons (Fsp3) is 0.533. The summed E-state index contributed by atoms with van der Waals surface area (Å²) in [6, 6.07) is 5.71. The van der Waals surface area contributed by atoms with Crippen LogP contribution in [0.1, 0.15) is 20.3 Å². The van der Waals surface area contributed by atoms with Gasteiger partial charge in [-0.15, -0.1) is 0 Å². The van der Waals surface area contributed by atoms with Crippen LogP contribution in [0.4, 0.5) is 10.1 Å². The lowest BCUT2D eigenvalue weighted by atomic mass is 9.90. The molecule has 0 aromatic heterocycles. The number of amides is 1. The van der Waals surface area contributed by atoms with Crippen molar-refractivity contribution in [1.82, 2.24) is 5.32 Å². The standard InChI is InChI=1S/C15H23FN2O2/c1-15(2,8-9-20-3)11-17-10-14(19)18-13-6-4-12(16)5-7-13/h4-7,17H,8-11H2,1-3H3,(H,18,19). The van der Waals surface area contributed by atoms with E-state index in [1.807, 2.05) is 0 Å². The molecule has 0 unspecified atom stereocenters. The first kappa shape index (κ1) is 16.6. The third kappa shape index (κ3) is 6.63. The van der Waals surface area contributed by atoms with Gasteiger partial charge in [0.15, 0.2) is 0 Å². The number of hydrogen-bond acceptors (Lipinski definition) is 3. The number of carbonyl (C=O) groups excluding carboxylic acids is 1. The van der Waals surface area contributed by atoms with Crippen LogP contribution in [0, 0.1) is 11.2 Å². The number of methoxy groups -OCH3 is 1. The van der Waals surface area contributed by atoms with Gasteiger partial charge in [0.1, 0.15) is 5.82 Å². The van der Waals surface area contributed by atoms with Gasteiger partial charge in [0.25, 0.3) is 0 Å². The van der Waals surface area contributed by atoms with Crippen molar-refractivity contribution in [3.8, 4) is 0 Å². The smallest absolute Gasteiger partial charge is 0.238 e. The Morgan fingerprint density at radius 2 is 1.95 bits per heavy atom. The molecule has 0 spiro atoms. The number of nitrogens with one attached hydrogen (secondary N) is 2. The van der Waals surface area contributed by atoms with E-state index in [1.54, 1.807) is 7.11 Å². The Bertz CT molecular complexity index is 418. The molecule has 2 N–H and O–H groups in total. The Morgan fingerprint density at radius 1 is 1.30 bits per heavy atom.